The van der Waals surface area contributed by atoms with Gasteiger partial charge in [-0.1, -0.05) is 6.07 Å². The molecule has 0 fully saturated rings. The minimum absolute atomic E-state index is 0.698. The van der Waals surface area contributed by atoms with Crippen molar-refractivity contribution in [3.8, 4) is 5.69 Å². The first kappa shape index (κ1) is 13.2. The highest BCUT2D eigenvalue weighted by Crippen LogP contribution is 2.18. The molecule has 3 rings (SSSR count). The number of pyridine rings is 1. The summed E-state index contributed by atoms with van der Waals surface area (Å²) in [6, 6.07) is 10.2. The Hall–Kier alpha value is -2.76. The molecule has 6 nitrogen and oxygen atoms in total. The van der Waals surface area contributed by atoms with Crippen molar-refractivity contribution in [2.24, 2.45) is 0 Å². The van der Waals surface area contributed by atoms with Gasteiger partial charge in [0.05, 0.1) is 17.9 Å². The van der Waals surface area contributed by atoms with Gasteiger partial charge in [-0.05, 0) is 59.7 Å². The molecule has 2 aromatic heterocycles. The van der Waals surface area contributed by atoms with Crippen molar-refractivity contribution in [3.63, 3.8) is 0 Å². The van der Waals surface area contributed by atoms with Crippen LogP contribution in [0.15, 0.2) is 42.9 Å². The van der Waals surface area contributed by atoms with Gasteiger partial charge in [0.2, 0.25) is 0 Å². The number of benzene rings is 1. The number of aryl methyl sites for hydroxylation is 2. The highest BCUT2D eigenvalue weighted by Gasteiger charge is 2.04. The molecule has 1 N–H and O–H groups in total. The topological polar surface area (TPSA) is 68.5 Å². The predicted molar refractivity (Wildman–Crippen MR) is 80.2 cm³/mol. The molecule has 0 atom stereocenters. The minimum atomic E-state index is 0.698. The van der Waals surface area contributed by atoms with E-state index in [1.165, 1.54) is 5.56 Å². The average Bonchev–Trinajstić information content (AvgIpc) is 3.01. The largest absolute Gasteiger partial charge is 0.379 e. The maximum atomic E-state index is 4.38. The van der Waals surface area contributed by atoms with Crippen LogP contribution >= 0.6 is 0 Å². The molecule has 0 saturated heterocycles. The van der Waals surface area contributed by atoms with E-state index in [9.17, 15) is 0 Å². The summed E-state index contributed by atoms with van der Waals surface area (Å²) in [5.41, 5.74) is 5.30. The van der Waals surface area contributed by atoms with E-state index >= 15 is 0 Å². The highest BCUT2D eigenvalue weighted by atomic mass is 15.5. The molecule has 0 amide bonds. The summed E-state index contributed by atoms with van der Waals surface area (Å²) in [7, 11) is 0. The lowest BCUT2D eigenvalue weighted by molar-refractivity contribution is 0.785. The number of hydrogen-bond donors (Lipinski definition) is 1. The van der Waals surface area contributed by atoms with Gasteiger partial charge in [0, 0.05) is 11.9 Å². The second-order valence-corrected chi connectivity index (χ2v) is 4.94. The quantitative estimate of drug-likeness (QED) is 0.794. The molecule has 21 heavy (non-hydrogen) atoms. The van der Waals surface area contributed by atoms with Crippen LogP contribution in [0, 0.1) is 13.8 Å². The van der Waals surface area contributed by atoms with Crippen molar-refractivity contribution >= 4 is 5.69 Å². The van der Waals surface area contributed by atoms with Crippen molar-refractivity contribution in [3.05, 3.63) is 59.7 Å². The van der Waals surface area contributed by atoms with E-state index < -0.39 is 0 Å². The Balaban J connectivity index is 1.72. The van der Waals surface area contributed by atoms with Crippen LogP contribution in [0.5, 0.6) is 0 Å². The SMILES string of the molecule is Cc1ccc(CNc2ccc(-n3cnnn3)c(C)c2)nc1. The van der Waals surface area contributed by atoms with Crippen LogP contribution in [-0.4, -0.2) is 25.2 Å². The Bertz CT molecular complexity index is 718. The van der Waals surface area contributed by atoms with Crippen LogP contribution in [0.25, 0.3) is 5.69 Å². The molecular formula is C15H16N6. The molecule has 2 heterocycles. The zero-order chi connectivity index (χ0) is 14.7. The Morgan fingerprint density at radius 2 is 2.05 bits per heavy atom. The molecule has 106 valence electrons. The number of hydrogen-bond acceptors (Lipinski definition) is 5. The molecule has 3 aromatic rings. The maximum absolute atomic E-state index is 4.38. The molecule has 6 heteroatoms. The van der Waals surface area contributed by atoms with Gasteiger partial charge >= 0.3 is 0 Å². The van der Waals surface area contributed by atoms with Gasteiger partial charge in [0.25, 0.3) is 0 Å². The average molecular weight is 280 g/mol. The molecule has 0 aliphatic rings. The van der Waals surface area contributed by atoms with Crippen LogP contribution in [0.4, 0.5) is 5.69 Å². The van der Waals surface area contributed by atoms with Gasteiger partial charge in [-0.25, -0.2) is 4.68 Å². The molecule has 0 unspecified atom stereocenters. The molecule has 0 radical (unpaired) electrons. The van der Waals surface area contributed by atoms with Gasteiger partial charge in [-0.15, -0.1) is 5.10 Å². The number of tetrazole rings is 1. The highest BCUT2D eigenvalue weighted by molar-refractivity contribution is 5.53. The van der Waals surface area contributed by atoms with Crippen LogP contribution in [0.1, 0.15) is 16.8 Å². The van der Waals surface area contributed by atoms with Crippen molar-refractivity contribution in [1.29, 1.82) is 0 Å². The number of anilines is 1. The second kappa shape index (κ2) is 5.70. The van der Waals surface area contributed by atoms with Crippen LogP contribution in [0.3, 0.4) is 0 Å². The zero-order valence-electron chi connectivity index (χ0n) is 12.0. The molecule has 0 spiro atoms. The maximum Gasteiger partial charge on any atom is 0.143 e. The van der Waals surface area contributed by atoms with Gasteiger partial charge in [0.15, 0.2) is 0 Å². The zero-order valence-corrected chi connectivity index (χ0v) is 12.0. The fourth-order valence-corrected chi connectivity index (χ4v) is 2.09. The predicted octanol–water partition coefficient (Wildman–Crippen LogP) is 2.29. The summed E-state index contributed by atoms with van der Waals surface area (Å²) in [5, 5.41) is 14.6. The normalized spacial score (nSPS) is 10.6. The number of nitrogens with zero attached hydrogens (tertiary/aromatic N) is 5. The Morgan fingerprint density at radius 3 is 2.71 bits per heavy atom. The summed E-state index contributed by atoms with van der Waals surface area (Å²) in [6.07, 6.45) is 3.47. The van der Waals surface area contributed by atoms with Gasteiger partial charge in [-0.2, -0.15) is 0 Å². The fourth-order valence-electron chi connectivity index (χ4n) is 2.09. The third-order valence-corrected chi connectivity index (χ3v) is 3.24. The lowest BCUT2D eigenvalue weighted by Gasteiger charge is -2.10. The van der Waals surface area contributed by atoms with Gasteiger partial charge in [0.1, 0.15) is 6.33 Å². The molecule has 0 saturated carbocycles. The van der Waals surface area contributed by atoms with Crippen molar-refractivity contribution < 1.29 is 0 Å². The summed E-state index contributed by atoms with van der Waals surface area (Å²) in [6.45, 7) is 4.77. The molecule has 1 aromatic carbocycles. The van der Waals surface area contributed by atoms with Gasteiger partial charge < -0.3 is 5.32 Å². The molecule has 0 bridgehead atoms. The van der Waals surface area contributed by atoms with Crippen molar-refractivity contribution in [1.82, 2.24) is 25.2 Å². The standard InChI is InChI=1S/C15H16N6/c1-11-3-4-14(16-8-11)9-17-13-5-6-15(12(2)7-13)21-10-18-19-20-21/h3-8,10,17H,9H2,1-2H3. The third kappa shape index (κ3) is 3.05. The first-order valence-corrected chi connectivity index (χ1v) is 6.72. The van der Waals surface area contributed by atoms with Crippen LogP contribution in [0.2, 0.25) is 0 Å². The van der Waals surface area contributed by atoms with Crippen LogP contribution < -0.4 is 5.32 Å². The summed E-state index contributed by atoms with van der Waals surface area (Å²) in [5.74, 6) is 0. The van der Waals surface area contributed by atoms with E-state index in [0.717, 1.165) is 22.6 Å². The smallest absolute Gasteiger partial charge is 0.143 e. The Labute approximate surface area is 122 Å². The van der Waals surface area contributed by atoms with E-state index in [1.807, 2.05) is 38.2 Å². The summed E-state index contributed by atoms with van der Waals surface area (Å²) >= 11 is 0. The number of rotatable bonds is 4. The number of aromatic nitrogens is 5. The summed E-state index contributed by atoms with van der Waals surface area (Å²) < 4.78 is 1.65. The molecule has 0 aliphatic carbocycles. The third-order valence-electron chi connectivity index (χ3n) is 3.24. The minimum Gasteiger partial charge on any atom is -0.379 e. The Kier molecular flexibility index (Phi) is 3.59. The van der Waals surface area contributed by atoms with Crippen molar-refractivity contribution in [2.45, 2.75) is 20.4 Å². The Morgan fingerprint density at radius 1 is 1.14 bits per heavy atom. The fraction of sp³-hybridized carbons (Fsp3) is 0.200. The van der Waals surface area contributed by atoms with E-state index in [4.69, 9.17) is 0 Å². The monoisotopic (exact) mass is 280 g/mol. The van der Waals surface area contributed by atoms with E-state index in [1.54, 1.807) is 11.0 Å². The summed E-state index contributed by atoms with van der Waals surface area (Å²) in [4.78, 5) is 4.38. The molecular weight excluding hydrogens is 264 g/mol. The van der Waals surface area contributed by atoms with Crippen molar-refractivity contribution in [2.75, 3.05) is 5.32 Å². The van der Waals surface area contributed by atoms with E-state index in [2.05, 4.69) is 38.0 Å². The van der Waals surface area contributed by atoms with E-state index in [-0.39, 0.29) is 0 Å². The van der Waals surface area contributed by atoms with Crippen LogP contribution in [-0.2, 0) is 6.54 Å². The lowest BCUT2D eigenvalue weighted by atomic mass is 10.1. The molecule has 0 aliphatic heterocycles. The first-order chi connectivity index (χ1) is 10.2. The first-order valence-electron chi connectivity index (χ1n) is 6.72. The lowest BCUT2D eigenvalue weighted by Crippen LogP contribution is -2.03. The second-order valence-electron chi connectivity index (χ2n) is 4.94. The van der Waals surface area contributed by atoms with Gasteiger partial charge in [-0.3, -0.25) is 4.98 Å². The van der Waals surface area contributed by atoms with E-state index in [0.29, 0.717) is 6.54 Å². The number of nitrogens with one attached hydrogen (secondary N) is 1.